The Labute approximate surface area is 283 Å². The maximum absolute atomic E-state index is 13.8. The third-order valence-corrected chi connectivity index (χ3v) is 9.53. The number of fused-ring (bicyclic) bond motifs is 1. The van der Waals surface area contributed by atoms with Gasteiger partial charge in [-0.3, -0.25) is 14.4 Å². The van der Waals surface area contributed by atoms with Gasteiger partial charge >= 0.3 is 0 Å². The molecule has 47 heavy (non-hydrogen) atoms. The number of halogens is 2. The molecule has 3 aromatic heterocycles. The van der Waals surface area contributed by atoms with E-state index < -0.39 is 5.56 Å². The number of piperazine rings is 2. The van der Waals surface area contributed by atoms with Gasteiger partial charge in [-0.05, 0) is 50.5 Å². The van der Waals surface area contributed by atoms with Gasteiger partial charge in [0.15, 0.2) is 0 Å². The van der Waals surface area contributed by atoms with E-state index in [1.807, 2.05) is 23.0 Å². The lowest BCUT2D eigenvalue weighted by atomic mass is 10.2. The van der Waals surface area contributed by atoms with Gasteiger partial charge in [0.1, 0.15) is 16.9 Å². The number of nitrogens with zero attached hydrogens (tertiary/aromatic N) is 10. The van der Waals surface area contributed by atoms with Gasteiger partial charge in [0.25, 0.3) is 5.56 Å². The highest BCUT2D eigenvalue weighted by Gasteiger charge is 2.21. The number of para-hydroxylation sites is 1. The lowest BCUT2D eigenvalue weighted by Crippen LogP contribution is -2.45. The van der Waals surface area contributed by atoms with Crippen LogP contribution in [0.1, 0.15) is 0 Å². The highest BCUT2D eigenvalue weighted by molar-refractivity contribution is 6.37. The zero-order valence-corrected chi connectivity index (χ0v) is 28.0. The summed E-state index contributed by atoms with van der Waals surface area (Å²) in [5.41, 5.74) is 3.48. The Morgan fingerprint density at radius 1 is 0.830 bits per heavy atom. The van der Waals surface area contributed by atoms with Crippen molar-refractivity contribution in [2.45, 2.75) is 6.54 Å². The summed E-state index contributed by atoms with van der Waals surface area (Å²) in [6.45, 7) is 9.88. The van der Waals surface area contributed by atoms with Crippen molar-refractivity contribution in [3.63, 3.8) is 0 Å². The Morgan fingerprint density at radius 2 is 1.51 bits per heavy atom. The van der Waals surface area contributed by atoms with Crippen molar-refractivity contribution >= 4 is 51.4 Å². The first-order chi connectivity index (χ1) is 22.8. The van der Waals surface area contributed by atoms with Gasteiger partial charge in [-0.15, -0.1) is 0 Å². The van der Waals surface area contributed by atoms with Crippen LogP contribution in [0.3, 0.4) is 0 Å². The van der Waals surface area contributed by atoms with Crippen molar-refractivity contribution in [2.24, 2.45) is 0 Å². The van der Waals surface area contributed by atoms with Crippen LogP contribution in [0.25, 0.3) is 27.8 Å². The smallest absolute Gasteiger partial charge is 0.282 e. The summed E-state index contributed by atoms with van der Waals surface area (Å²) in [7, 11) is 4.30. The Morgan fingerprint density at radius 3 is 2.21 bits per heavy atom. The summed E-state index contributed by atoms with van der Waals surface area (Å²) >= 11 is 13.1. The topological polar surface area (TPSA) is 103 Å². The van der Waals surface area contributed by atoms with Crippen molar-refractivity contribution in [3.05, 3.63) is 81.5 Å². The van der Waals surface area contributed by atoms with E-state index in [2.05, 4.69) is 61.2 Å². The second-order valence-corrected chi connectivity index (χ2v) is 13.0. The minimum absolute atomic E-state index is 0.284. The minimum atomic E-state index is -0.427. The summed E-state index contributed by atoms with van der Waals surface area (Å²) in [5, 5.41) is 13.6. The Kier molecular flexibility index (Phi) is 9.11. The van der Waals surface area contributed by atoms with Gasteiger partial charge < -0.3 is 20.0 Å². The molecule has 0 radical (unpaired) electrons. The normalized spacial score (nSPS) is 16.6. The van der Waals surface area contributed by atoms with E-state index in [9.17, 15) is 4.79 Å². The quantitative estimate of drug-likeness (QED) is 0.259. The van der Waals surface area contributed by atoms with E-state index in [-0.39, 0.29) is 5.39 Å². The molecule has 244 valence electrons. The largest absolute Gasteiger partial charge is 0.369 e. The maximum atomic E-state index is 13.8. The molecule has 1 N–H and O–H groups in total. The van der Waals surface area contributed by atoms with E-state index in [0.29, 0.717) is 38.5 Å². The molecule has 12 nitrogen and oxygen atoms in total. The van der Waals surface area contributed by atoms with Crippen LogP contribution in [0.4, 0.5) is 17.3 Å². The molecule has 2 fully saturated rings. The van der Waals surface area contributed by atoms with Gasteiger partial charge in [-0.25, -0.2) is 9.97 Å². The first-order valence-corrected chi connectivity index (χ1v) is 16.6. The first kappa shape index (κ1) is 31.5. The molecule has 0 spiro atoms. The maximum Gasteiger partial charge on any atom is 0.282 e. The number of likely N-dealkylation sites (N-methyl/N-ethyl adjacent to an activating group) is 2. The fraction of sp³-hybridized carbons (Fsp3) is 0.364. The molecule has 7 rings (SSSR count). The summed E-state index contributed by atoms with van der Waals surface area (Å²) in [5.74, 6) is 0.350. The first-order valence-electron chi connectivity index (χ1n) is 15.8. The molecule has 2 saturated heterocycles. The average Bonchev–Trinajstić information content (AvgIpc) is 3.55. The zero-order chi connectivity index (χ0) is 32.5. The zero-order valence-electron chi connectivity index (χ0n) is 26.5. The molecule has 2 aliphatic rings. The molecule has 5 aromatic rings. The Bertz CT molecular complexity index is 1910. The highest BCUT2D eigenvalue weighted by atomic mass is 35.5. The number of aromatic nitrogens is 6. The minimum Gasteiger partial charge on any atom is -0.369 e. The molecule has 0 amide bonds. The molecular weight excluding hydrogens is 637 g/mol. The third-order valence-electron chi connectivity index (χ3n) is 8.92. The number of anilines is 3. The van der Waals surface area contributed by atoms with Crippen LogP contribution in [0.2, 0.25) is 10.0 Å². The fourth-order valence-electron chi connectivity index (χ4n) is 6.00. The van der Waals surface area contributed by atoms with E-state index in [0.717, 1.165) is 71.1 Å². The molecule has 14 heteroatoms. The summed E-state index contributed by atoms with van der Waals surface area (Å²) in [4.78, 5) is 32.7. The van der Waals surface area contributed by atoms with Crippen LogP contribution >= 0.6 is 23.2 Å². The Hall–Kier alpha value is -4.07. The second-order valence-electron chi connectivity index (χ2n) is 12.2. The summed E-state index contributed by atoms with van der Waals surface area (Å²) < 4.78 is 3.14. The van der Waals surface area contributed by atoms with E-state index in [1.165, 1.54) is 16.6 Å². The van der Waals surface area contributed by atoms with Crippen LogP contribution in [-0.4, -0.2) is 117 Å². The van der Waals surface area contributed by atoms with E-state index >= 15 is 0 Å². The summed E-state index contributed by atoms with van der Waals surface area (Å²) in [6.07, 6.45) is 5.21. The lowest BCUT2D eigenvalue weighted by molar-refractivity contribution is 0.149. The van der Waals surface area contributed by atoms with Crippen LogP contribution in [0.15, 0.2) is 65.8 Å². The van der Waals surface area contributed by atoms with Crippen LogP contribution < -0.4 is 15.8 Å². The summed E-state index contributed by atoms with van der Waals surface area (Å²) in [6, 6.07) is 13.3. The number of benzene rings is 2. The van der Waals surface area contributed by atoms with E-state index in [4.69, 9.17) is 33.3 Å². The molecule has 2 aliphatic heterocycles. The monoisotopic (exact) mass is 673 g/mol. The van der Waals surface area contributed by atoms with Gasteiger partial charge in [-0.1, -0.05) is 29.3 Å². The van der Waals surface area contributed by atoms with E-state index in [1.54, 1.807) is 24.4 Å². The highest BCUT2D eigenvalue weighted by Crippen LogP contribution is 2.30. The second kappa shape index (κ2) is 13.6. The predicted molar refractivity (Wildman–Crippen MR) is 188 cm³/mol. The van der Waals surface area contributed by atoms with Crippen molar-refractivity contribution in [1.29, 1.82) is 0 Å². The Balaban J connectivity index is 1.22. The number of hydrogen-bond donors (Lipinski definition) is 1. The fourth-order valence-corrected chi connectivity index (χ4v) is 6.55. The number of rotatable bonds is 8. The van der Waals surface area contributed by atoms with Crippen LogP contribution in [0, 0.1) is 0 Å². The number of hydrogen-bond acceptors (Lipinski definition) is 10. The predicted octanol–water partition coefficient (Wildman–Crippen LogP) is 4.09. The molecule has 0 aliphatic carbocycles. The molecule has 2 aromatic carbocycles. The standard InChI is InChI=1S/C33H37Cl2N11O/c1-41-10-14-43(15-11-41)16-19-45-22-23(20-37-45)29-30-26(32(47)46(40-29)31-27(34)4-3-5-28(31)35)21-36-33(39-30)38-24-6-8-25(9-7-24)44-17-12-42(2)13-18-44/h3-9,20-22H,10-19H2,1-2H3,(H,36,38,39). The SMILES string of the molecule is CN1CCN(CCn2cc(-c3nn(-c4c(Cl)cccc4Cl)c(=O)c4cnc(Nc5ccc(N6CCN(C)CC6)cc5)nc34)cn2)CC1. The average molecular weight is 675 g/mol. The van der Waals surface area contributed by atoms with Gasteiger partial charge in [-0.2, -0.15) is 14.9 Å². The molecule has 0 unspecified atom stereocenters. The number of nitrogens with one attached hydrogen (secondary N) is 1. The third kappa shape index (κ3) is 6.83. The van der Waals surface area contributed by atoms with Crippen LogP contribution in [-0.2, 0) is 6.54 Å². The van der Waals surface area contributed by atoms with Crippen molar-refractivity contribution in [3.8, 4) is 16.9 Å². The molecular formula is C33H37Cl2N11O. The molecule has 0 atom stereocenters. The molecule has 5 heterocycles. The lowest BCUT2D eigenvalue weighted by Gasteiger charge is -2.34. The van der Waals surface area contributed by atoms with Crippen molar-refractivity contribution < 1.29 is 0 Å². The van der Waals surface area contributed by atoms with Crippen molar-refractivity contribution in [2.75, 3.05) is 83.2 Å². The van der Waals surface area contributed by atoms with Gasteiger partial charge in [0.2, 0.25) is 5.95 Å². The van der Waals surface area contributed by atoms with Crippen molar-refractivity contribution in [1.82, 2.24) is 44.2 Å². The molecule has 0 bridgehead atoms. The van der Waals surface area contributed by atoms with Gasteiger partial charge in [0.05, 0.1) is 28.2 Å². The molecule has 0 saturated carbocycles. The van der Waals surface area contributed by atoms with Gasteiger partial charge in [0, 0.05) is 88.2 Å². The van der Waals surface area contributed by atoms with Crippen LogP contribution in [0.5, 0.6) is 0 Å².